The van der Waals surface area contributed by atoms with Gasteiger partial charge in [0.1, 0.15) is 0 Å². The first kappa shape index (κ1) is 19.1. The largest absolute Gasteiger partial charge is 0.322 e. The van der Waals surface area contributed by atoms with Crippen LogP contribution in [0.4, 0.5) is 0 Å². The molecule has 26 heavy (non-hydrogen) atoms. The number of sulfonamides is 1. The maximum absolute atomic E-state index is 12.6. The Morgan fingerprint density at radius 1 is 1.12 bits per heavy atom. The van der Waals surface area contributed by atoms with E-state index in [-0.39, 0.29) is 10.5 Å². The molecule has 1 aromatic carbocycles. The van der Waals surface area contributed by atoms with Gasteiger partial charge in [-0.05, 0) is 68.9 Å². The molecular weight excluding hydrogens is 350 g/mol. The van der Waals surface area contributed by atoms with Gasteiger partial charge < -0.3 is 9.88 Å². The molecule has 1 atom stereocenters. The third kappa shape index (κ3) is 4.72. The normalized spacial score (nSPS) is 17.9. The Labute approximate surface area is 154 Å². The number of benzene rings is 1. The number of H-pyrrole nitrogens is 1. The van der Waals surface area contributed by atoms with Gasteiger partial charge in [0.25, 0.3) is 0 Å². The third-order valence-electron chi connectivity index (χ3n) is 5.12. The first-order chi connectivity index (χ1) is 12.5. The zero-order valence-electron chi connectivity index (χ0n) is 15.2. The molecule has 1 aliphatic heterocycles. The van der Waals surface area contributed by atoms with Crippen LogP contribution >= 0.6 is 0 Å². The van der Waals surface area contributed by atoms with Crippen LogP contribution in [0.15, 0.2) is 40.0 Å². The summed E-state index contributed by atoms with van der Waals surface area (Å²) in [5.41, 5.74) is 0.431. The van der Waals surface area contributed by atoms with Crippen molar-refractivity contribution >= 4 is 20.9 Å². The van der Waals surface area contributed by atoms with Gasteiger partial charge in [-0.3, -0.25) is 4.79 Å². The number of nitrogens with one attached hydrogen (secondary N) is 2. The van der Waals surface area contributed by atoms with Crippen LogP contribution in [0.3, 0.4) is 0 Å². The molecule has 3 rings (SSSR count). The van der Waals surface area contributed by atoms with E-state index < -0.39 is 10.0 Å². The number of fused-ring (bicyclic) bond motifs is 1. The van der Waals surface area contributed by atoms with Crippen LogP contribution in [-0.2, 0) is 10.0 Å². The smallest absolute Gasteiger partial charge is 0.248 e. The summed E-state index contributed by atoms with van der Waals surface area (Å²) < 4.78 is 27.8. The van der Waals surface area contributed by atoms with Crippen molar-refractivity contribution in [2.75, 3.05) is 19.6 Å². The fourth-order valence-corrected chi connectivity index (χ4v) is 4.59. The quantitative estimate of drug-likeness (QED) is 0.810. The average molecular weight is 378 g/mol. The second-order valence-corrected chi connectivity index (χ2v) is 8.82. The van der Waals surface area contributed by atoms with Gasteiger partial charge in [-0.15, -0.1) is 0 Å². The summed E-state index contributed by atoms with van der Waals surface area (Å²) in [6.45, 7) is 4.81. The molecule has 2 heterocycles. The Morgan fingerprint density at radius 2 is 1.85 bits per heavy atom. The molecule has 0 bridgehead atoms. The molecule has 0 aliphatic carbocycles. The molecule has 142 valence electrons. The van der Waals surface area contributed by atoms with Crippen molar-refractivity contribution in [1.82, 2.24) is 14.6 Å². The van der Waals surface area contributed by atoms with Crippen LogP contribution in [0, 0.1) is 0 Å². The van der Waals surface area contributed by atoms with Gasteiger partial charge in [0.2, 0.25) is 15.6 Å². The predicted octanol–water partition coefficient (Wildman–Crippen LogP) is 2.46. The van der Waals surface area contributed by atoms with Crippen LogP contribution in [0.2, 0.25) is 0 Å². The van der Waals surface area contributed by atoms with Gasteiger partial charge in [0, 0.05) is 24.2 Å². The van der Waals surface area contributed by atoms with E-state index >= 15 is 0 Å². The van der Waals surface area contributed by atoms with E-state index in [1.54, 1.807) is 18.2 Å². The number of nitrogens with zero attached hydrogens (tertiary/aromatic N) is 1. The number of hydrogen-bond donors (Lipinski definition) is 2. The predicted molar refractivity (Wildman–Crippen MR) is 104 cm³/mol. The number of hydrogen-bond acceptors (Lipinski definition) is 4. The summed E-state index contributed by atoms with van der Waals surface area (Å²) in [5.74, 6) is 0. The SMILES string of the molecule is C[C@H](CCNS(=O)(=O)c1ccc2[nH]c(=O)ccc2c1)N1CCCCCC1. The Balaban J connectivity index is 1.61. The fraction of sp³-hybridized carbons (Fsp3) is 0.526. The van der Waals surface area contributed by atoms with Crippen molar-refractivity contribution in [2.24, 2.45) is 0 Å². The van der Waals surface area contributed by atoms with Gasteiger partial charge in [0.15, 0.2) is 0 Å². The topological polar surface area (TPSA) is 82.3 Å². The van der Waals surface area contributed by atoms with Gasteiger partial charge in [-0.2, -0.15) is 0 Å². The number of rotatable bonds is 6. The number of pyridine rings is 1. The summed E-state index contributed by atoms with van der Waals surface area (Å²) in [4.78, 5) is 16.7. The van der Waals surface area contributed by atoms with E-state index in [1.165, 1.54) is 37.8 Å². The highest BCUT2D eigenvalue weighted by Crippen LogP contribution is 2.17. The molecule has 0 amide bonds. The van der Waals surface area contributed by atoms with Crippen LogP contribution in [0.5, 0.6) is 0 Å². The monoisotopic (exact) mass is 377 g/mol. The highest BCUT2D eigenvalue weighted by Gasteiger charge is 2.18. The maximum Gasteiger partial charge on any atom is 0.248 e. The van der Waals surface area contributed by atoms with Crippen LogP contribution in [-0.4, -0.2) is 44.0 Å². The molecule has 2 aromatic rings. The summed E-state index contributed by atoms with van der Waals surface area (Å²) in [7, 11) is -3.56. The van der Waals surface area contributed by atoms with E-state index in [2.05, 4.69) is 21.5 Å². The Kier molecular flexibility index (Phi) is 6.11. The second kappa shape index (κ2) is 8.33. The molecule has 6 nitrogen and oxygen atoms in total. The summed E-state index contributed by atoms with van der Waals surface area (Å²) >= 11 is 0. The van der Waals surface area contributed by atoms with Crippen LogP contribution in [0.25, 0.3) is 10.9 Å². The van der Waals surface area contributed by atoms with Crippen molar-refractivity contribution in [3.63, 3.8) is 0 Å². The van der Waals surface area contributed by atoms with E-state index in [1.807, 2.05) is 0 Å². The molecule has 1 aliphatic rings. The summed E-state index contributed by atoms with van der Waals surface area (Å²) in [5, 5.41) is 0.699. The lowest BCUT2D eigenvalue weighted by atomic mass is 10.2. The standard InChI is InChI=1S/C19H27N3O3S/c1-15(22-12-4-2-3-5-13-22)10-11-20-26(24,25)17-7-8-18-16(14-17)6-9-19(23)21-18/h6-9,14-15,20H,2-5,10-13H2,1H3,(H,21,23)/t15-/m1/s1. The molecule has 1 aromatic heterocycles. The zero-order valence-corrected chi connectivity index (χ0v) is 16.0. The van der Waals surface area contributed by atoms with Crippen molar-refractivity contribution in [2.45, 2.75) is 50.0 Å². The van der Waals surface area contributed by atoms with Gasteiger partial charge >= 0.3 is 0 Å². The van der Waals surface area contributed by atoms with Crippen molar-refractivity contribution in [3.05, 3.63) is 40.7 Å². The van der Waals surface area contributed by atoms with E-state index in [9.17, 15) is 13.2 Å². The van der Waals surface area contributed by atoms with Crippen LogP contribution in [0.1, 0.15) is 39.0 Å². The maximum atomic E-state index is 12.6. The Morgan fingerprint density at radius 3 is 2.58 bits per heavy atom. The third-order valence-corrected chi connectivity index (χ3v) is 6.58. The minimum atomic E-state index is -3.56. The Hall–Kier alpha value is -1.70. The average Bonchev–Trinajstić information content (AvgIpc) is 2.90. The van der Waals surface area contributed by atoms with E-state index in [4.69, 9.17) is 0 Å². The van der Waals surface area contributed by atoms with E-state index in [0.717, 1.165) is 19.5 Å². The lowest BCUT2D eigenvalue weighted by Gasteiger charge is -2.27. The number of aromatic amines is 1. The lowest BCUT2D eigenvalue weighted by molar-refractivity contribution is 0.208. The van der Waals surface area contributed by atoms with Gasteiger partial charge in [-0.25, -0.2) is 13.1 Å². The highest BCUT2D eigenvalue weighted by molar-refractivity contribution is 7.89. The molecule has 2 N–H and O–H groups in total. The summed E-state index contributed by atoms with van der Waals surface area (Å²) in [6.07, 6.45) is 5.84. The minimum Gasteiger partial charge on any atom is -0.322 e. The molecular formula is C19H27N3O3S. The lowest BCUT2D eigenvalue weighted by Crippen LogP contribution is -2.37. The fourth-order valence-electron chi connectivity index (χ4n) is 3.50. The first-order valence-electron chi connectivity index (χ1n) is 9.32. The molecule has 0 saturated carbocycles. The van der Waals surface area contributed by atoms with Gasteiger partial charge in [-0.1, -0.05) is 12.8 Å². The molecule has 1 saturated heterocycles. The number of aromatic nitrogens is 1. The number of likely N-dealkylation sites (tertiary alicyclic amines) is 1. The van der Waals surface area contributed by atoms with Crippen LogP contribution < -0.4 is 10.3 Å². The van der Waals surface area contributed by atoms with E-state index in [0.29, 0.717) is 23.5 Å². The van der Waals surface area contributed by atoms with Crippen molar-refractivity contribution < 1.29 is 8.42 Å². The molecule has 7 heteroatoms. The Bertz CT molecular complexity index is 900. The molecule has 0 unspecified atom stereocenters. The molecule has 0 radical (unpaired) electrons. The molecule has 1 fully saturated rings. The second-order valence-electron chi connectivity index (χ2n) is 7.06. The first-order valence-corrected chi connectivity index (χ1v) is 10.8. The molecule has 0 spiro atoms. The highest BCUT2D eigenvalue weighted by atomic mass is 32.2. The van der Waals surface area contributed by atoms with Crippen molar-refractivity contribution in [3.8, 4) is 0 Å². The van der Waals surface area contributed by atoms with Crippen molar-refractivity contribution in [1.29, 1.82) is 0 Å². The summed E-state index contributed by atoms with van der Waals surface area (Å²) in [6, 6.07) is 8.15. The minimum absolute atomic E-state index is 0.200. The van der Waals surface area contributed by atoms with Gasteiger partial charge in [0.05, 0.1) is 4.90 Å². The zero-order chi connectivity index (χ0) is 18.6.